The lowest BCUT2D eigenvalue weighted by atomic mass is 9.92. The van der Waals surface area contributed by atoms with Gasteiger partial charge in [0.15, 0.2) is 0 Å². The summed E-state index contributed by atoms with van der Waals surface area (Å²) in [5.74, 6) is 1.65. The van der Waals surface area contributed by atoms with Crippen LogP contribution in [0.4, 0.5) is 10.6 Å². The molecule has 0 radical (unpaired) electrons. The molecule has 55 heavy (non-hydrogen) atoms. The molecule has 2 N–H and O–H groups in total. The van der Waals surface area contributed by atoms with E-state index in [2.05, 4.69) is 77.4 Å². The maximum absolute atomic E-state index is 13.5. The van der Waals surface area contributed by atoms with E-state index >= 15 is 0 Å². The summed E-state index contributed by atoms with van der Waals surface area (Å²) in [6, 6.07) is 24.9. The number of halogens is 1. The predicted molar refractivity (Wildman–Crippen MR) is 229 cm³/mol. The molecule has 0 aliphatic heterocycles. The zero-order valence-electron chi connectivity index (χ0n) is 33.9. The minimum absolute atomic E-state index is 0.0166. The van der Waals surface area contributed by atoms with Gasteiger partial charge in [-0.25, -0.2) is 9.48 Å². The molecule has 12 heteroatoms. The highest BCUT2D eigenvalue weighted by Gasteiger charge is 2.39. The van der Waals surface area contributed by atoms with Crippen LogP contribution in [0.2, 0.25) is 23.2 Å². The maximum Gasteiger partial charge on any atom is 0.320 e. The fourth-order valence-electron chi connectivity index (χ4n) is 5.72. The number of hydrogen-bond acceptors (Lipinski definition) is 6. The highest BCUT2D eigenvalue weighted by molar-refractivity contribution is 7.98. The van der Waals surface area contributed by atoms with Crippen molar-refractivity contribution < 1.29 is 14.0 Å². The molecule has 0 spiro atoms. The Morgan fingerprint density at radius 3 is 2.20 bits per heavy atom. The van der Waals surface area contributed by atoms with Crippen molar-refractivity contribution in [2.75, 3.05) is 11.6 Å². The van der Waals surface area contributed by atoms with Gasteiger partial charge in [0.2, 0.25) is 0 Å². The van der Waals surface area contributed by atoms with Gasteiger partial charge in [-0.3, -0.25) is 10.1 Å². The third-order valence-electron chi connectivity index (χ3n) is 10.2. The van der Waals surface area contributed by atoms with E-state index in [4.69, 9.17) is 25.9 Å². The zero-order chi connectivity index (χ0) is 40.3. The summed E-state index contributed by atoms with van der Waals surface area (Å²) < 4.78 is 16.4. The average Bonchev–Trinajstić information content (AvgIpc) is 3.55. The molecule has 0 unspecified atom stereocenters. The van der Waals surface area contributed by atoms with Gasteiger partial charge in [0, 0.05) is 34.7 Å². The van der Waals surface area contributed by atoms with Crippen LogP contribution in [-0.4, -0.2) is 35.0 Å². The number of nitrogens with one attached hydrogen (secondary N) is 2. The Morgan fingerprint density at radius 2 is 1.55 bits per heavy atom. The van der Waals surface area contributed by atoms with E-state index in [9.17, 15) is 9.59 Å². The summed E-state index contributed by atoms with van der Waals surface area (Å²) in [6.45, 7) is 21.9. The lowest BCUT2D eigenvalue weighted by Gasteiger charge is -2.36. The third kappa shape index (κ3) is 9.87. The van der Waals surface area contributed by atoms with Gasteiger partial charge in [-0.1, -0.05) is 95.6 Å². The van der Waals surface area contributed by atoms with Crippen LogP contribution in [0.5, 0.6) is 11.5 Å². The van der Waals surface area contributed by atoms with Crippen molar-refractivity contribution in [1.82, 2.24) is 19.7 Å². The average molecular weight is 801 g/mol. The molecule has 5 aromatic rings. The van der Waals surface area contributed by atoms with Gasteiger partial charge >= 0.3 is 6.03 Å². The second-order valence-electron chi connectivity index (χ2n) is 16.4. The molecular formula is C43H54ClN5O4SSi. The van der Waals surface area contributed by atoms with Gasteiger partial charge in [-0.05, 0) is 79.2 Å². The number of urea groups is 1. The van der Waals surface area contributed by atoms with Crippen LogP contribution in [0.1, 0.15) is 75.2 Å². The van der Waals surface area contributed by atoms with Gasteiger partial charge in [0.1, 0.15) is 23.9 Å². The largest absolute Gasteiger partial charge is 0.542 e. The molecule has 2 heterocycles. The highest BCUT2D eigenvalue weighted by Crippen LogP contribution is 2.40. The van der Waals surface area contributed by atoms with E-state index in [1.807, 2.05) is 73.8 Å². The highest BCUT2D eigenvalue weighted by atomic mass is 35.5. The smallest absolute Gasteiger partial charge is 0.320 e. The van der Waals surface area contributed by atoms with Gasteiger partial charge in [0.05, 0.1) is 28.5 Å². The Bertz CT molecular complexity index is 2240. The van der Waals surface area contributed by atoms with Gasteiger partial charge in [-0.2, -0.15) is 5.10 Å². The number of rotatable bonds is 12. The number of hydrogen-bond donors (Lipinski definition) is 2. The number of aryl methyl sites for hydroxylation is 1. The lowest BCUT2D eigenvalue weighted by molar-refractivity contribution is 0.251. The number of benzene rings is 3. The number of anilines is 1. The molecule has 2 amide bonds. The van der Waals surface area contributed by atoms with Crippen molar-refractivity contribution in [2.24, 2.45) is 0 Å². The Balaban J connectivity index is 1.31. The van der Waals surface area contributed by atoms with E-state index in [1.54, 1.807) is 34.0 Å². The van der Waals surface area contributed by atoms with Crippen molar-refractivity contribution >= 4 is 43.5 Å². The van der Waals surface area contributed by atoms with Crippen molar-refractivity contribution in [3.8, 4) is 17.2 Å². The van der Waals surface area contributed by atoms with E-state index in [-0.39, 0.29) is 35.2 Å². The van der Waals surface area contributed by atoms with Crippen molar-refractivity contribution in [3.63, 3.8) is 0 Å². The van der Waals surface area contributed by atoms with E-state index in [0.29, 0.717) is 34.4 Å². The Hall–Kier alpha value is -4.45. The number of thioether (sulfide) groups is 1. The molecule has 0 aliphatic rings. The lowest BCUT2D eigenvalue weighted by Crippen LogP contribution is -2.43. The number of carbonyl (C=O) groups is 1. The predicted octanol–water partition coefficient (Wildman–Crippen LogP) is 10.7. The summed E-state index contributed by atoms with van der Waals surface area (Å²) >= 11 is 8.31. The molecular weight excluding hydrogens is 746 g/mol. The minimum atomic E-state index is -2.18. The monoisotopic (exact) mass is 799 g/mol. The number of aromatic nitrogens is 3. The molecule has 0 atom stereocenters. The minimum Gasteiger partial charge on any atom is -0.542 e. The SMILES string of the molecule is CSc1ccccc1Cn1c(C)cc(OCc2ccccc2CNC(=O)Nc2cc(C(C)(C)C)nn2-c2ccc(Cl)c(O[Si](C)(C)C(C)(C)C)c2)c(C)c1=O. The van der Waals surface area contributed by atoms with Crippen molar-refractivity contribution in [1.29, 1.82) is 0 Å². The quantitative estimate of drug-likeness (QED) is 0.0963. The molecule has 3 aromatic carbocycles. The molecule has 0 fully saturated rings. The van der Waals surface area contributed by atoms with Crippen molar-refractivity contribution in [3.05, 3.63) is 128 Å². The second kappa shape index (κ2) is 16.7. The van der Waals surface area contributed by atoms with Crippen LogP contribution >= 0.6 is 23.4 Å². The third-order valence-corrected chi connectivity index (χ3v) is 15.7. The fraction of sp³-hybridized carbons (Fsp3) is 0.372. The number of carbonyl (C=O) groups excluding carboxylic acids is 1. The van der Waals surface area contributed by atoms with Crippen molar-refractivity contribution in [2.45, 2.75) is 104 Å². The van der Waals surface area contributed by atoms with Gasteiger partial charge in [0.25, 0.3) is 13.9 Å². The summed E-state index contributed by atoms with van der Waals surface area (Å²) in [6.07, 6.45) is 2.04. The first-order chi connectivity index (χ1) is 25.8. The summed E-state index contributed by atoms with van der Waals surface area (Å²) in [5, 5.41) is 11.4. The number of amides is 2. The second-order valence-corrected chi connectivity index (χ2v) is 22.4. The number of pyridine rings is 1. The van der Waals surface area contributed by atoms with Crippen LogP contribution in [-0.2, 0) is 25.1 Å². The molecule has 2 aromatic heterocycles. The van der Waals surface area contributed by atoms with E-state index < -0.39 is 8.32 Å². The molecule has 0 saturated heterocycles. The summed E-state index contributed by atoms with van der Waals surface area (Å²) in [4.78, 5) is 28.2. The van der Waals surface area contributed by atoms with Crippen LogP contribution in [0.25, 0.3) is 5.69 Å². The molecule has 0 saturated carbocycles. The first-order valence-electron chi connectivity index (χ1n) is 18.5. The molecule has 9 nitrogen and oxygen atoms in total. The Kier molecular flexibility index (Phi) is 12.7. The normalized spacial score (nSPS) is 12.1. The number of nitrogens with zero attached hydrogens (tertiary/aromatic N) is 3. The molecule has 0 bridgehead atoms. The topological polar surface area (TPSA) is 99.4 Å². The fourth-order valence-corrected chi connectivity index (χ4v) is 7.58. The first kappa shape index (κ1) is 41.7. The van der Waals surface area contributed by atoms with Gasteiger partial charge < -0.3 is 19.0 Å². The Morgan fingerprint density at radius 1 is 0.891 bits per heavy atom. The Labute approximate surface area is 335 Å². The summed E-state index contributed by atoms with van der Waals surface area (Å²) in [7, 11) is -2.18. The molecule has 5 rings (SSSR count). The van der Waals surface area contributed by atoms with Gasteiger partial charge in [-0.15, -0.1) is 11.8 Å². The van der Waals surface area contributed by atoms with E-state index in [0.717, 1.165) is 38.7 Å². The first-order valence-corrected chi connectivity index (χ1v) is 23.0. The maximum atomic E-state index is 13.5. The zero-order valence-corrected chi connectivity index (χ0v) is 36.5. The van der Waals surface area contributed by atoms with Crippen LogP contribution in [0, 0.1) is 13.8 Å². The van der Waals surface area contributed by atoms with Crippen LogP contribution in [0.15, 0.2) is 88.6 Å². The van der Waals surface area contributed by atoms with Crippen LogP contribution < -0.4 is 25.4 Å². The standard InChI is InChI=1S/C43H54ClN5O4SSi/c1-28-22-35(29(2)40(50)48(28)26-31-17-14-15-19-37(31)54-9)52-27-32-18-13-12-16-30(32)25-45-41(51)46-39-24-38(42(3,4)5)47-49(39)33-20-21-34(44)36(23-33)53-55(10,11)43(6,7)8/h12-24H,25-27H2,1-11H3,(H2,45,46,51). The van der Waals surface area contributed by atoms with Crippen LogP contribution in [0.3, 0.4) is 0 Å². The number of ether oxygens (including phenoxy) is 1. The summed E-state index contributed by atoms with van der Waals surface area (Å²) in [5.41, 5.74) is 5.44. The van der Waals surface area contributed by atoms with E-state index in [1.165, 1.54) is 0 Å². The molecule has 0 aliphatic carbocycles. The molecule has 292 valence electrons.